The van der Waals surface area contributed by atoms with Gasteiger partial charge in [-0.25, -0.2) is 14.8 Å². The van der Waals surface area contributed by atoms with E-state index < -0.39 is 5.97 Å². The molecule has 1 aromatic heterocycles. The highest BCUT2D eigenvalue weighted by atomic mass is 16.5. The van der Waals surface area contributed by atoms with Gasteiger partial charge in [0.1, 0.15) is 17.1 Å². The van der Waals surface area contributed by atoms with Crippen LogP contribution >= 0.6 is 0 Å². The van der Waals surface area contributed by atoms with Crippen molar-refractivity contribution in [1.29, 1.82) is 0 Å². The van der Waals surface area contributed by atoms with Crippen molar-refractivity contribution in [2.24, 2.45) is 0 Å². The first kappa shape index (κ1) is 11.5. The first-order valence-corrected chi connectivity index (χ1v) is 5.77. The molecule has 0 unspecified atom stereocenters. The Labute approximate surface area is 108 Å². The van der Waals surface area contributed by atoms with Gasteiger partial charge in [0.05, 0.1) is 6.61 Å². The minimum Gasteiger partial charge on any atom is -0.493 e. The highest BCUT2D eigenvalue weighted by molar-refractivity contribution is 5.92. The van der Waals surface area contributed by atoms with Gasteiger partial charge < -0.3 is 15.6 Å². The molecule has 0 fully saturated rings. The number of ether oxygens (including phenoxy) is 1. The average Bonchev–Trinajstić information content (AvgIpc) is 2.85. The highest BCUT2D eigenvalue weighted by Gasteiger charge is 2.15. The fourth-order valence-electron chi connectivity index (χ4n) is 2.02. The van der Waals surface area contributed by atoms with E-state index in [2.05, 4.69) is 9.97 Å². The number of benzene rings is 1. The summed E-state index contributed by atoms with van der Waals surface area (Å²) in [5, 5.41) is 8.88. The van der Waals surface area contributed by atoms with E-state index in [0.717, 1.165) is 23.3 Å². The molecule has 0 atom stereocenters. The number of fused-ring (bicyclic) bond motifs is 1. The van der Waals surface area contributed by atoms with Crippen molar-refractivity contribution in [2.75, 3.05) is 12.3 Å². The number of nitrogens with zero attached hydrogens (tertiary/aromatic N) is 2. The molecule has 0 aliphatic carbocycles. The van der Waals surface area contributed by atoms with Gasteiger partial charge in [0.25, 0.3) is 0 Å². The molecule has 3 rings (SSSR count). The van der Waals surface area contributed by atoms with Crippen LogP contribution in [0, 0.1) is 0 Å². The molecule has 0 spiro atoms. The van der Waals surface area contributed by atoms with Crippen LogP contribution in [0.1, 0.15) is 15.9 Å². The molecule has 0 bridgehead atoms. The van der Waals surface area contributed by atoms with Gasteiger partial charge in [-0.3, -0.25) is 0 Å². The lowest BCUT2D eigenvalue weighted by Gasteiger charge is -2.05. The molecule has 96 valence electrons. The largest absolute Gasteiger partial charge is 0.493 e. The Morgan fingerprint density at radius 1 is 1.42 bits per heavy atom. The maximum absolute atomic E-state index is 10.8. The Morgan fingerprint density at radius 2 is 2.26 bits per heavy atom. The van der Waals surface area contributed by atoms with Gasteiger partial charge in [-0.05, 0) is 23.8 Å². The molecular weight excluding hydrogens is 246 g/mol. The fraction of sp³-hybridized carbons (Fsp3) is 0.154. The molecule has 0 saturated heterocycles. The predicted octanol–water partition coefficient (Wildman–Crippen LogP) is 1.36. The Morgan fingerprint density at radius 3 is 3.00 bits per heavy atom. The van der Waals surface area contributed by atoms with E-state index in [9.17, 15) is 4.79 Å². The lowest BCUT2D eigenvalue weighted by Crippen LogP contribution is -2.06. The summed E-state index contributed by atoms with van der Waals surface area (Å²) in [7, 11) is 0. The van der Waals surface area contributed by atoms with Crippen LogP contribution in [-0.2, 0) is 6.42 Å². The quantitative estimate of drug-likeness (QED) is 0.842. The molecule has 0 radical (unpaired) electrons. The first-order chi connectivity index (χ1) is 9.15. The summed E-state index contributed by atoms with van der Waals surface area (Å²) in [6.07, 6.45) is 2.08. The van der Waals surface area contributed by atoms with Crippen LogP contribution in [0.25, 0.3) is 11.4 Å². The maximum atomic E-state index is 10.8. The van der Waals surface area contributed by atoms with Crippen LogP contribution in [0.2, 0.25) is 0 Å². The Bertz CT molecular complexity index is 670. The summed E-state index contributed by atoms with van der Waals surface area (Å²) in [4.78, 5) is 18.9. The van der Waals surface area contributed by atoms with E-state index in [1.807, 2.05) is 18.2 Å². The summed E-state index contributed by atoms with van der Waals surface area (Å²) >= 11 is 0. The topological polar surface area (TPSA) is 98.3 Å². The Hall–Kier alpha value is -2.63. The van der Waals surface area contributed by atoms with E-state index in [0.29, 0.717) is 12.4 Å². The number of hydrogen-bond donors (Lipinski definition) is 2. The van der Waals surface area contributed by atoms with E-state index in [1.54, 1.807) is 0 Å². The smallest absolute Gasteiger partial charge is 0.341 e. The number of carboxylic acids is 1. The summed E-state index contributed by atoms with van der Waals surface area (Å²) < 4.78 is 5.42. The number of nitrogen functional groups attached to an aromatic ring is 1. The SMILES string of the molecule is Nc1nc(-c2ccc3c(c2)CCO3)ncc1C(=O)O. The standard InChI is InChI=1S/C13H11N3O3/c14-11-9(13(17)18)6-15-12(16-11)8-1-2-10-7(5-8)3-4-19-10/h1-2,5-6H,3-4H2,(H,17,18)(H2,14,15,16). The summed E-state index contributed by atoms with van der Waals surface area (Å²) in [6.45, 7) is 0.680. The van der Waals surface area contributed by atoms with Gasteiger partial charge in [-0.15, -0.1) is 0 Å². The number of rotatable bonds is 2. The second-order valence-corrected chi connectivity index (χ2v) is 4.22. The van der Waals surface area contributed by atoms with Crippen molar-refractivity contribution in [2.45, 2.75) is 6.42 Å². The van der Waals surface area contributed by atoms with Crippen molar-refractivity contribution >= 4 is 11.8 Å². The zero-order valence-electron chi connectivity index (χ0n) is 9.96. The maximum Gasteiger partial charge on any atom is 0.341 e. The van der Waals surface area contributed by atoms with Crippen LogP contribution in [0.15, 0.2) is 24.4 Å². The third kappa shape index (κ3) is 1.97. The Kier molecular flexibility index (Phi) is 2.56. The number of nitrogens with two attached hydrogens (primary N) is 1. The van der Waals surface area contributed by atoms with Crippen molar-refractivity contribution in [3.8, 4) is 17.1 Å². The molecule has 3 N–H and O–H groups in total. The minimum absolute atomic E-state index is 0.0331. The molecule has 6 heteroatoms. The second kappa shape index (κ2) is 4.24. The molecule has 1 aromatic carbocycles. The molecular formula is C13H11N3O3. The van der Waals surface area contributed by atoms with Gasteiger partial charge in [0.2, 0.25) is 0 Å². The van der Waals surface area contributed by atoms with Crippen molar-refractivity contribution < 1.29 is 14.6 Å². The summed E-state index contributed by atoms with van der Waals surface area (Å²) in [5.74, 6) is 0.122. The zero-order chi connectivity index (χ0) is 13.4. The molecule has 2 heterocycles. The van der Waals surface area contributed by atoms with Gasteiger partial charge in [-0.2, -0.15) is 0 Å². The van der Waals surface area contributed by atoms with Gasteiger partial charge in [0.15, 0.2) is 5.82 Å². The van der Waals surface area contributed by atoms with Gasteiger partial charge in [-0.1, -0.05) is 0 Å². The highest BCUT2D eigenvalue weighted by Crippen LogP contribution is 2.29. The van der Waals surface area contributed by atoms with E-state index in [4.69, 9.17) is 15.6 Å². The normalized spacial score (nSPS) is 12.8. The molecule has 1 aliphatic rings. The van der Waals surface area contributed by atoms with Crippen molar-refractivity contribution in [3.63, 3.8) is 0 Å². The number of aromatic nitrogens is 2. The predicted molar refractivity (Wildman–Crippen MR) is 68.0 cm³/mol. The van der Waals surface area contributed by atoms with Crippen LogP contribution in [0.4, 0.5) is 5.82 Å². The molecule has 0 saturated carbocycles. The molecule has 2 aromatic rings. The average molecular weight is 257 g/mol. The van der Waals surface area contributed by atoms with Crippen LogP contribution in [-0.4, -0.2) is 27.7 Å². The molecule has 0 amide bonds. The minimum atomic E-state index is -1.13. The molecule has 1 aliphatic heterocycles. The summed E-state index contributed by atoms with van der Waals surface area (Å²) in [5.41, 5.74) is 7.42. The zero-order valence-corrected chi connectivity index (χ0v) is 9.96. The van der Waals surface area contributed by atoms with Crippen molar-refractivity contribution in [3.05, 3.63) is 35.5 Å². The lowest BCUT2D eigenvalue weighted by molar-refractivity contribution is 0.0697. The van der Waals surface area contributed by atoms with Gasteiger partial charge in [0, 0.05) is 18.2 Å². The van der Waals surface area contributed by atoms with E-state index >= 15 is 0 Å². The lowest BCUT2D eigenvalue weighted by atomic mass is 10.1. The second-order valence-electron chi connectivity index (χ2n) is 4.22. The fourth-order valence-corrected chi connectivity index (χ4v) is 2.02. The number of anilines is 1. The van der Waals surface area contributed by atoms with Crippen LogP contribution in [0.3, 0.4) is 0 Å². The number of hydrogen-bond acceptors (Lipinski definition) is 5. The third-order valence-electron chi connectivity index (χ3n) is 3.00. The van der Waals surface area contributed by atoms with Crippen LogP contribution in [0.5, 0.6) is 5.75 Å². The monoisotopic (exact) mass is 257 g/mol. The first-order valence-electron chi connectivity index (χ1n) is 5.77. The number of carboxylic acid groups (broad SMARTS) is 1. The molecule has 19 heavy (non-hydrogen) atoms. The number of carbonyl (C=O) groups is 1. The van der Waals surface area contributed by atoms with Gasteiger partial charge >= 0.3 is 5.97 Å². The van der Waals surface area contributed by atoms with E-state index in [1.165, 1.54) is 6.20 Å². The summed E-state index contributed by atoms with van der Waals surface area (Å²) in [6, 6.07) is 5.64. The number of aromatic carboxylic acids is 1. The van der Waals surface area contributed by atoms with Crippen LogP contribution < -0.4 is 10.5 Å². The Balaban J connectivity index is 2.03. The molecule has 6 nitrogen and oxygen atoms in total. The van der Waals surface area contributed by atoms with E-state index in [-0.39, 0.29) is 11.4 Å². The third-order valence-corrected chi connectivity index (χ3v) is 3.00. The van der Waals surface area contributed by atoms with Crippen molar-refractivity contribution in [1.82, 2.24) is 9.97 Å².